The smallest absolute Gasteiger partial charge is 0.191 e. The molecule has 2 heterocycles. The minimum absolute atomic E-state index is 0. The van der Waals surface area contributed by atoms with E-state index in [1.54, 1.807) is 0 Å². The van der Waals surface area contributed by atoms with Crippen LogP contribution in [0.15, 0.2) is 23.3 Å². The van der Waals surface area contributed by atoms with Crippen LogP contribution in [0.1, 0.15) is 57.4 Å². The van der Waals surface area contributed by atoms with E-state index in [0.717, 1.165) is 38.0 Å². The third kappa shape index (κ3) is 5.47. The van der Waals surface area contributed by atoms with Crippen LogP contribution in [-0.4, -0.2) is 37.6 Å². The molecule has 1 aromatic rings. The molecule has 1 aromatic heterocycles. The maximum absolute atomic E-state index is 4.56. The van der Waals surface area contributed by atoms with E-state index in [4.69, 9.17) is 0 Å². The molecule has 0 unspecified atom stereocenters. The van der Waals surface area contributed by atoms with Crippen molar-refractivity contribution in [3.63, 3.8) is 0 Å². The van der Waals surface area contributed by atoms with Gasteiger partial charge in [0.2, 0.25) is 0 Å². The van der Waals surface area contributed by atoms with Gasteiger partial charge in [-0.2, -0.15) is 0 Å². The van der Waals surface area contributed by atoms with Crippen molar-refractivity contribution in [1.29, 1.82) is 0 Å². The first-order valence-corrected chi connectivity index (χ1v) is 9.89. The Morgan fingerprint density at radius 2 is 1.96 bits per heavy atom. The number of aromatic nitrogens is 1. The van der Waals surface area contributed by atoms with Gasteiger partial charge >= 0.3 is 0 Å². The van der Waals surface area contributed by atoms with Crippen molar-refractivity contribution in [2.45, 2.75) is 58.4 Å². The average Bonchev–Trinajstić information content (AvgIpc) is 2.64. The molecule has 2 aliphatic rings. The molecular formula is C20H34IN5. The van der Waals surface area contributed by atoms with Crippen molar-refractivity contribution in [2.24, 2.45) is 10.4 Å². The molecule has 6 heteroatoms. The fraction of sp³-hybridized carbons (Fsp3) is 0.700. The molecule has 1 saturated carbocycles. The van der Waals surface area contributed by atoms with Crippen molar-refractivity contribution in [2.75, 3.05) is 31.6 Å². The molecule has 3 rings (SSSR count). The number of aliphatic imine (C=N–C) groups is 1. The van der Waals surface area contributed by atoms with E-state index in [0.29, 0.717) is 5.41 Å². The Hall–Kier alpha value is -1.05. The predicted octanol–water partition coefficient (Wildman–Crippen LogP) is 3.94. The fourth-order valence-electron chi connectivity index (χ4n) is 3.88. The quantitative estimate of drug-likeness (QED) is 0.375. The average molecular weight is 471 g/mol. The topological polar surface area (TPSA) is 52.6 Å². The minimum atomic E-state index is 0. The Labute approximate surface area is 175 Å². The van der Waals surface area contributed by atoms with Gasteiger partial charge in [0.1, 0.15) is 5.82 Å². The summed E-state index contributed by atoms with van der Waals surface area (Å²) in [4.78, 5) is 11.3. The summed E-state index contributed by atoms with van der Waals surface area (Å²) < 4.78 is 0. The van der Waals surface area contributed by atoms with Gasteiger partial charge in [-0.3, -0.25) is 4.99 Å². The van der Waals surface area contributed by atoms with E-state index in [2.05, 4.69) is 44.6 Å². The maximum Gasteiger partial charge on any atom is 0.191 e. The molecule has 1 saturated heterocycles. The van der Waals surface area contributed by atoms with Crippen LogP contribution in [0.5, 0.6) is 0 Å². The first kappa shape index (κ1) is 21.3. The van der Waals surface area contributed by atoms with Crippen LogP contribution in [0, 0.1) is 5.41 Å². The van der Waals surface area contributed by atoms with Crippen LogP contribution in [0.3, 0.4) is 0 Å². The van der Waals surface area contributed by atoms with Gasteiger partial charge < -0.3 is 15.5 Å². The lowest BCUT2D eigenvalue weighted by molar-refractivity contribution is 0.131. The molecule has 0 amide bonds. The summed E-state index contributed by atoms with van der Waals surface area (Å²) in [6.07, 6.45) is 11.1. The Balaban J connectivity index is 0.00000243. The van der Waals surface area contributed by atoms with Crippen molar-refractivity contribution >= 4 is 35.8 Å². The third-order valence-corrected chi connectivity index (χ3v) is 5.97. The monoisotopic (exact) mass is 471 g/mol. The van der Waals surface area contributed by atoms with Crippen LogP contribution in [0.4, 0.5) is 5.82 Å². The lowest BCUT2D eigenvalue weighted by atomic mass is 9.67. The summed E-state index contributed by atoms with van der Waals surface area (Å²) in [5.41, 5.74) is 1.75. The number of hydrogen-bond donors (Lipinski definition) is 2. The molecule has 2 N–H and O–H groups in total. The lowest BCUT2D eigenvalue weighted by Gasteiger charge is -2.41. The highest BCUT2D eigenvalue weighted by molar-refractivity contribution is 14.0. The van der Waals surface area contributed by atoms with Crippen molar-refractivity contribution in [3.8, 4) is 0 Å². The maximum atomic E-state index is 4.56. The van der Waals surface area contributed by atoms with Gasteiger partial charge in [-0.25, -0.2) is 4.98 Å². The molecule has 1 aliphatic carbocycles. The second kappa shape index (κ2) is 10.3. The zero-order valence-electron chi connectivity index (χ0n) is 16.3. The first-order valence-electron chi connectivity index (χ1n) is 9.89. The summed E-state index contributed by atoms with van der Waals surface area (Å²) in [5.74, 6) is 2.01. The van der Waals surface area contributed by atoms with E-state index >= 15 is 0 Å². The summed E-state index contributed by atoms with van der Waals surface area (Å²) in [7, 11) is 1.85. The van der Waals surface area contributed by atoms with Crippen molar-refractivity contribution < 1.29 is 0 Å². The van der Waals surface area contributed by atoms with E-state index in [1.807, 2.05) is 13.2 Å². The summed E-state index contributed by atoms with van der Waals surface area (Å²) in [6, 6.07) is 4.30. The van der Waals surface area contributed by atoms with E-state index < -0.39 is 0 Å². The highest BCUT2D eigenvalue weighted by Gasteiger charge is 2.34. The number of nitrogens with one attached hydrogen (secondary N) is 2. The molecule has 2 fully saturated rings. The van der Waals surface area contributed by atoms with Gasteiger partial charge in [-0.05, 0) is 61.6 Å². The fourth-order valence-corrected chi connectivity index (χ4v) is 3.88. The number of piperidine rings is 1. The minimum Gasteiger partial charge on any atom is -0.357 e. The van der Waals surface area contributed by atoms with Crippen LogP contribution in [-0.2, 0) is 6.54 Å². The van der Waals surface area contributed by atoms with E-state index in [-0.39, 0.29) is 24.0 Å². The molecule has 0 radical (unpaired) electrons. The molecule has 0 spiro atoms. The van der Waals surface area contributed by atoms with Crippen LogP contribution >= 0.6 is 24.0 Å². The Bertz CT molecular complexity index is 574. The van der Waals surface area contributed by atoms with Gasteiger partial charge in [-0.15, -0.1) is 24.0 Å². The van der Waals surface area contributed by atoms with Gasteiger partial charge in [0.05, 0.1) is 0 Å². The normalized spacial score (nSPS) is 19.3. The highest BCUT2D eigenvalue weighted by atomic mass is 127. The number of rotatable bonds is 6. The van der Waals surface area contributed by atoms with Gasteiger partial charge in [0, 0.05) is 39.4 Å². The Morgan fingerprint density at radius 3 is 2.58 bits per heavy atom. The molecule has 5 nitrogen and oxygen atoms in total. The van der Waals surface area contributed by atoms with Crippen LogP contribution < -0.4 is 15.5 Å². The summed E-state index contributed by atoms with van der Waals surface area (Å²) in [5, 5.41) is 6.98. The number of hydrogen-bond acceptors (Lipinski definition) is 3. The molecule has 0 atom stereocenters. The van der Waals surface area contributed by atoms with Gasteiger partial charge in [0.15, 0.2) is 5.96 Å². The molecular weight excluding hydrogens is 437 g/mol. The number of anilines is 1. The molecule has 0 aromatic carbocycles. The van der Waals surface area contributed by atoms with E-state index in [9.17, 15) is 0 Å². The first-order chi connectivity index (χ1) is 12.2. The standard InChI is InChI=1S/C20H33N5.HI/c1-3-20(9-7-10-20)16-24-19(21-2)23-15-17-8-11-22-18(14-17)25-12-5-4-6-13-25;/h8,11,14H,3-7,9-10,12-13,15-16H2,1-2H3,(H2,21,23,24);1H. The van der Waals surface area contributed by atoms with Gasteiger partial charge in [-0.1, -0.05) is 13.3 Å². The number of guanidine groups is 1. The Morgan fingerprint density at radius 1 is 1.19 bits per heavy atom. The molecule has 26 heavy (non-hydrogen) atoms. The summed E-state index contributed by atoms with van der Waals surface area (Å²) in [6.45, 7) is 6.37. The lowest BCUT2D eigenvalue weighted by Crippen LogP contribution is -2.46. The summed E-state index contributed by atoms with van der Waals surface area (Å²) >= 11 is 0. The molecule has 146 valence electrons. The molecule has 0 bridgehead atoms. The largest absolute Gasteiger partial charge is 0.357 e. The second-order valence-electron chi connectivity index (χ2n) is 7.56. The SMILES string of the molecule is CCC1(CNC(=NC)NCc2ccnc(N3CCCCC3)c2)CCC1.I. The second-order valence-corrected chi connectivity index (χ2v) is 7.56. The molecule has 1 aliphatic heterocycles. The number of halogens is 1. The van der Waals surface area contributed by atoms with Crippen LogP contribution in [0.25, 0.3) is 0 Å². The van der Waals surface area contributed by atoms with Gasteiger partial charge in [0.25, 0.3) is 0 Å². The van der Waals surface area contributed by atoms with Crippen LogP contribution in [0.2, 0.25) is 0 Å². The predicted molar refractivity (Wildman–Crippen MR) is 120 cm³/mol. The highest BCUT2D eigenvalue weighted by Crippen LogP contribution is 2.42. The van der Waals surface area contributed by atoms with Crippen molar-refractivity contribution in [1.82, 2.24) is 15.6 Å². The van der Waals surface area contributed by atoms with E-state index in [1.165, 1.54) is 50.5 Å². The Kier molecular flexibility index (Phi) is 8.44. The zero-order valence-corrected chi connectivity index (χ0v) is 18.6. The zero-order chi connectivity index (χ0) is 17.5. The number of pyridine rings is 1. The van der Waals surface area contributed by atoms with Crippen molar-refractivity contribution in [3.05, 3.63) is 23.9 Å². The number of nitrogens with zero attached hydrogens (tertiary/aromatic N) is 3. The third-order valence-electron chi connectivity index (χ3n) is 5.97.